The summed E-state index contributed by atoms with van der Waals surface area (Å²) in [6.07, 6.45) is 21.5. The van der Waals surface area contributed by atoms with E-state index in [2.05, 4.69) is 26.0 Å². The van der Waals surface area contributed by atoms with Gasteiger partial charge in [-0.3, -0.25) is 0 Å². The highest BCUT2D eigenvalue weighted by molar-refractivity contribution is 4.79. The zero-order chi connectivity index (χ0) is 11.9. The maximum Gasteiger partial charge on any atom is -0.0351 e. The molecular formula is C16H32. The van der Waals surface area contributed by atoms with Crippen LogP contribution in [-0.2, 0) is 0 Å². The molecule has 0 radical (unpaired) electrons. The summed E-state index contributed by atoms with van der Waals surface area (Å²) in [6, 6.07) is 0. The minimum absolute atomic E-state index is 1.19. The molecular weight excluding hydrogens is 192 g/mol. The molecule has 0 atom stereocenters. The van der Waals surface area contributed by atoms with Gasteiger partial charge in [0.2, 0.25) is 0 Å². The average molecular weight is 224 g/mol. The molecule has 0 aromatic rings. The first-order chi connectivity index (χ1) is 7.91. The number of hydrogen-bond acceptors (Lipinski definition) is 0. The van der Waals surface area contributed by atoms with Crippen LogP contribution in [0.15, 0.2) is 12.2 Å². The predicted molar refractivity (Wildman–Crippen MR) is 75.9 cm³/mol. The molecule has 16 heavy (non-hydrogen) atoms. The van der Waals surface area contributed by atoms with Crippen LogP contribution in [0.25, 0.3) is 0 Å². The Labute approximate surface area is 104 Å². The molecule has 0 unspecified atom stereocenters. The first-order valence-electron chi connectivity index (χ1n) is 7.56. The summed E-state index contributed by atoms with van der Waals surface area (Å²) in [6.45, 7) is 4.49. The van der Waals surface area contributed by atoms with Gasteiger partial charge in [-0.15, -0.1) is 0 Å². The van der Waals surface area contributed by atoms with Gasteiger partial charge in [-0.05, 0) is 19.3 Å². The smallest absolute Gasteiger partial charge is 0.0351 e. The lowest BCUT2D eigenvalue weighted by atomic mass is 10.1. The molecule has 0 amide bonds. The summed E-state index contributed by atoms with van der Waals surface area (Å²) < 4.78 is 0. The Morgan fingerprint density at radius 1 is 0.562 bits per heavy atom. The molecule has 0 saturated heterocycles. The highest BCUT2D eigenvalue weighted by Crippen LogP contribution is 2.11. The van der Waals surface area contributed by atoms with Gasteiger partial charge in [0.05, 0.1) is 0 Å². The number of unbranched alkanes of at least 4 members (excludes halogenated alkanes) is 10. The lowest BCUT2D eigenvalue weighted by Gasteiger charge is -2.01. The van der Waals surface area contributed by atoms with Crippen LogP contribution < -0.4 is 0 Å². The van der Waals surface area contributed by atoms with E-state index in [0.29, 0.717) is 0 Å². The topological polar surface area (TPSA) is 0 Å². The van der Waals surface area contributed by atoms with Crippen LogP contribution in [-0.4, -0.2) is 0 Å². The monoisotopic (exact) mass is 224 g/mol. The van der Waals surface area contributed by atoms with Gasteiger partial charge in [0.25, 0.3) is 0 Å². The molecule has 0 aliphatic rings. The van der Waals surface area contributed by atoms with Gasteiger partial charge in [0, 0.05) is 0 Å². The zero-order valence-electron chi connectivity index (χ0n) is 11.6. The zero-order valence-corrected chi connectivity index (χ0v) is 11.6. The van der Waals surface area contributed by atoms with Crippen molar-refractivity contribution in [3.63, 3.8) is 0 Å². The third-order valence-corrected chi connectivity index (χ3v) is 3.13. The maximum absolute atomic E-state index is 2.34. The van der Waals surface area contributed by atoms with E-state index in [9.17, 15) is 0 Å². The summed E-state index contributed by atoms with van der Waals surface area (Å²) in [5.41, 5.74) is 0. The molecule has 0 N–H and O–H groups in total. The van der Waals surface area contributed by atoms with E-state index < -0.39 is 0 Å². The van der Waals surface area contributed by atoms with Crippen molar-refractivity contribution in [1.82, 2.24) is 0 Å². The molecule has 0 rings (SSSR count). The van der Waals surface area contributed by atoms with E-state index >= 15 is 0 Å². The second kappa shape index (κ2) is 14.7. The van der Waals surface area contributed by atoms with Gasteiger partial charge in [0.1, 0.15) is 0 Å². The second-order valence-corrected chi connectivity index (χ2v) is 4.85. The average Bonchev–Trinajstić information content (AvgIpc) is 2.31. The summed E-state index contributed by atoms with van der Waals surface area (Å²) in [5, 5.41) is 0. The van der Waals surface area contributed by atoms with Crippen molar-refractivity contribution in [3.05, 3.63) is 12.2 Å². The molecule has 0 saturated carbocycles. The largest absolute Gasteiger partial charge is 0.0888 e. The Hall–Kier alpha value is -0.260. The van der Waals surface area contributed by atoms with Gasteiger partial charge in [-0.25, -0.2) is 0 Å². The quantitative estimate of drug-likeness (QED) is 0.271. The van der Waals surface area contributed by atoms with Crippen LogP contribution in [0.5, 0.6) is 0 Å². The Bertz CT molecular complexity index is 135. The van der Waals surface area contributed by atoms with E-state index in [1.165, 1.54) is 77.0 Å². The minimum Gasteiger partial charge on any atom is -0.0888 e. The fraction of sp³-hybridized carbons (Fsp3) is 0.875. The van der Waals surface area contributed by atoms with E-state index in [0.717, 1.165) is 0 Å². The summed E-state index contributed by atoms with van der Waals surface area (Å²) in [4.78, 5) is 0. The summed E-state index contributed by atoms with van der Waals surface area (Å²) in [7, 11) is 0. The molecule has 0 aromatic heterocycles. The van der Waals surface area contributed by atoms with Crippen LogP contribution in [0.1, 0.15) is 90.9 Å². The number of allylic oxidation sites excluding steroid dienone is 2. The summed E-state index contributed by atoms with van der Waals surface area (Å²) in [5.74, 6) is 0. The van der Waals surface area contributed by atoms with Crippen molar-refractivity contribution in [1.29, 1.82) is 0 Å². The third-order valence-electron chi connectivity index (χ3n) is 3.13. The van der Waals surface area contributed by atoms with E-state index in [-0.39, 0.29) is 0 Å². The fourth-order valence-electron chi connectivity index (χ4n) is 2.03. The first kappa shape index (κ1) is 15.7. The molecule has 0 nitrogen and oxygen atoms in total. The SMILES string of the molecule is CCC=CCCCCCCCCCCCC. The molecule has 0 bridgehead atoms. The van der Waals surface area contributed by atoms with Crippen molar-refractivity contribution >= 4 is 0 Å². The molecule has 96 valence electrons. The van der Waals surface area contributed by atoms with Gasteiger partial charge < -0.3 is 0 Å². The van der Waals surface area contributed by atoms with Crippen molar-refractivity contribution < 1.29 is 0 Å². The summed E-state index contributed by atoms with van der Waals surface area (Å²) >= 11 is 0. The third kappa shape index (κ3) is 13.7. The van der Waals surface area contributed by atoms with Gasteiger partial charge in [0.15, 0.2) is 0 Å². The molecule has 0 aliphatic heterocycles. The lowest BCUT2D eigenvalue weighted by molar-refractivity contribution is 0.557. The lowest BCUT2D eigenvalue weighted by Crippen LogP contribution is -1.81. The maximum atomic E-state index is 2.34. The standard InChI is InChI=1S/C16H32/c1-3-5-7-9-11-13-15-16-14-12-10-8-6-4-2/h5,7H,3-4,6,8-16H2,1-2H3. The molecule has 0 spiro atoms. The van der Waals surface area contributed by atoms with Crippen LogP contribution in [0.2, 0.25) is 0 Å². The Morgan fingerprint density at radius 2 is 1.06 bits per heavy atom. The predicted octanol–water partition coefficient (Wildman–Crippen LogP) is 6.26. The van der Waals surface area contributed by atoms with Crippen LogP contribution in [0.3, 0.4) is 0 Å². The molecule has 0 aliphatic carbocycles. The van der Waals surface area contributed by atoms with Crippen LogP contribution >= 0.6 is 0 Å². The minimum atomic E-state index is 1.19. The molecule has 0 heteroatoms. The van der Waals surface area contributed by atoms with E-state index in [1.807, 2.05) is 0 Å². The Kier molecular flexibility index (Phi) is 14.5. The van der Waals surface area contributed by atoms with Gasteiger partial charge in [-0.2, -0.15) is 0 Å². The van der Waals surface area contributed by atoms with Crippen molar-refractivity contribution in [2.45, 2.75) is 90.9 Å². The first-order valence-corrected chi connectivity index (χ1v) is 7.56. The van der Waals surface area contributed by atoms with Crippen molar-refractivity contribution in [2.24, 2.45) is 0 Å². The molecule has 0 heterocycles. The Balaban J connectivity index is 2.90. The van der Waals surface area contributed by atoms with Crippen LogP contribution in [0.4, 0.5) is 0 Å². The van der Waals surface area contributed by atoms with E-state index in [1.54, 1.807) is 0 Å². The highest BCUT2D eigenvalue weighted by atomic mass is 14.0. The fourth-order valence-corrected chi connectivity index (χ4v) is 2.03. The highest BCUT2D eigenvalue weighted by Gasteiger charge is 1.91. The number of hydrogen-bond donors (Lipinski definition) is 0. The van der Waals surface area contributed by atoms with Gasteiger partial charge >= 0.3 is 0 Å². The second-order valence-electron chi connectivity index (χ2n) is 4.85. The molecule has 0 fully saturated rings. The van der Waals surface area contributed by atoms with E-state index in [4.69, 9.17) is 0 Å². The van der Waals surface area contributed by atoms with Crippen LogP contribution in [0, 0.1) is 0 Å². The normalized spacial score (nSPS) is 11.4. The van der Waals surface area contributed by atoms with Crippen molar-refractivity contribution in [3.8, 4) is 0 Å². The Morgan fingerprint density at radius 3 is 1.56 bits per heavy atom. The van der Waals surface area contributed by atoms with Crippen molar-refractivity contribution in [2.75, 3.05) is 0 Å². The molecule has 0 aromatic carbocycles. The van der Waals surface area contributed by atoms with Gasteiger partial charge in [-0.1, -0.05) is 83.8 Å². The number of rotatable bonds is 12.